The van der Waals surface area contributed by atoms with Gasteiger partial charge in [0.1, 0.15) is 18.2 Å². The first-order valence-corrected chi connectivity index (χ1v) is 8.19. The van der Waals surface area contributed by atoms with E-state index in [2.05, 4.69) is 5.32 Å². The van der Waals surface area contributed by atoms with E-state index in [1.807, 2.05) is 0 Å². The third-order valence-corrected chi connectivity index (χ3v) is 3.77. The van der Waals surface area contributed by atoms with Crippen LogP contribution < -0.4 is 24.3 Å². The first kappa shape index (κ1) is 20.2. The summed E-state index contributed by atoms with van der Waals surface area (Å²) in [5.41, 5.74) is 0.501. The number of halogens is 1. The minimum absolute atomic E-state index is 0.269. The van der Waals surface area contributed by atoms with E-state index >= 15 is 0 Å². The zero-order valence-corrected chi connectivity index (χ0v) is 15.7. The van der Waals surface area contributed by atoms with Crippen molar-refractivity contribution in [3.8, 4) is 23.0 Å². The number of likely N-dealkylation sites (N-methyl/N-ethyl adjacent to an activating group) is 1. The van der Waals surface area contributed by atoms with Crippen LogP contribution in [0.2, 0.25) is 0 Å². The minimum Gasteiger partial charge on any atom is -0.493 e. The summed E-state index contributed by atoms with van der Waals surface area (Å²) < 4.78 is 34.1. The molecule has 0 aromatic heterocycles. The van der Waals surface area contributed by atoms with Crippen molar-refractivity contribution in [2.75, 3.05) is 46.8 Å². The Kier molecular flexibility index (Phi) is 7.10. The Labute approximate surface area is 157 Å². The molecule has 0 saturated heterocycles. The molecule has 0 fully saturated rings. The van der Waals surface area contributed by atoms with Crippen LogP contribution in [0, 0.1) is 5.82 Å². The minimum atomic E-state index is -0.329. The van der Waals surface area contributed by atoms with E-state index < -0.39 is 0 Å². The van der Waals surface area contributed by atoms with E-state index in [-0.39, 0.29) is 18.5 Å². The van der Waals surface area contributed by atoms with Crippen molar-refractivity contribution in [3.63, 3.8) is 0 Å². The summed E-state index contributed by atoms with van der Waals surface area (Å²) in [4.78, 5) is 13.8. The van der Waals surface area contributed by atoms with Gasteiger partial charge in [-0.15, -0.1) is 0 Å². The predicted octanol–water partition coefficient (Wildman–Crippen LogP) is 3.39. The molecule has 2 rings (SSSR count). The van der Waals surface area contributed by atoms with Crippen LogP contribution in [0.5, 0.6) is 23.0 Å². The number of rotatable bonds is 8. The highest BCUT2D eigenvalue weighted by atomic mass is 19.1. The highest BCUT2D eigenvalue weighted by Gasteiger charge is 2.16. The lowest BCUT2D eigenvalue weighted by Crippen LogP contribution is -2.34. The van der Waals surface area contributed by atoms with Crippen molar-refractivity contribution in [2.45, 2.75) is 0 Å². The molecule has 146 valence electrons. The van der Waals surface area contributed by atoms with Crippen LogP contribution in [-0.4, -0.2) is 52.5 Å². The number of urea groups is 1. The van der Waals surface area contributed by atoms with Gasteiger partial charge in [-0.05, 0) is 24.3 Å². The summed E-state index contributed by atoms with van der Waals surface area (Å²) in [5, 5.41) is 2.76. The monoisotopic (exact) mass is 378 g/mol. The van der Waals surface area contributed by atoms with Gasteiger partial charge in [0.05, 0.1) is 33.6 Å². The number of nitrogens with zero attached hydrogens (tertiary/aromatic N) is 1. The van der Waals surface area contributed by atoms with Crippen LogP contribution in [0.15, 0.2) is 36.4 Å². The van der Waals surface area contributed by atoms with Gasteiger partial charge in [0, 0.05) is 19.2 Å². The van der Waals surface area contributed by atoms with E-state index in [1.54, 1.807) is 19.2 Å². The number of nitrogens with one attached hydrogen (secondary N) is 1. The summed E-state index contributed by atoms with van der Waals surface area (Å²) in [7, 11) is 6.15. The van der Waals surface area contributed by atoms with Crippen molar-refractivity contribution in [3.05, 3.63) is 42.2 Å². The second kappa shape index (κ2) is 9.51. The molecular formula is C19H23FN2O5. The molecule has 0 spiro atoms. The second-order valence-electron chi connectivity index (χ2n) is 5.57. The molecule has 0 unspecified atom stereocenters. The zero-order valence-electron chi connectivity index (χ0n) is 15.7. The number of hydrogen-bond donors (Lipinski definition) is 1. The molecule has 0 aliphatic carbocycles. The van der Waals surface area contributed by atoms with Gasteiger partial charge in [0.25, 0.3) is 0 Å². The van der Waals surface area contributed by atoms with Crippen molar-refractivity contribution in [2.24, 2.45) is 0 Å². The summed E-state index contributed by atoms with van der Waals surface area (Å²) >= 11 is 0. The van der Waals surface area contributed by atoms with Gasteiger partial charge in [0.2, 0.25) is 5.75 Å². The maximum Gasteiger partial charge on any atom is 0.321 e. The maximum atomic E-state index is 12.9. The van der Waals surface area contributed by atoms with Crippen molar-refractivity contribution < 1.29 is 28.1 Å². The smallest absolute Gasteiger partial charge is 0.321 e. The van der Waals surface area contributed by atoms with Gasteiger partial charge >= 0.3 is 6.03 Å². The SMILES string of the molecule is COc1cc(NC(=O)N(C)CCOc2ccc(F)cc2)cc(OC)c1OC. The molecule has 7 nitrogen and oxygen atoms in total. The number of hydrogen-bond acceptors (Lipinski definition) is 5. The lowest BCUT2D eigenvalue weighted by atomic mass is 10.2. The van der Waals surface area contributed by atoms with E-state index in [4.69, 9.17) is 18.9 Å². The quantitative estimate of drug-likeness (QED) is 0.763. The lowest BCUT2D eigenvalue weighted by Gasteiger charge is -2.19. The van der Waals surface area contributed by atoms with Crippen LogP contribution in [0.4, 0.5) is 14.9 Å². The molecule has 8 heteroatoms. The average Bonchev–Trinajstić information content (AvgIpc) is 2.68. The maximum absolute atomic E-state index is 12.9. The summed E-state index contributed by atoms with van der Waals surface area (Å²) in [6.45, 7) is 0.610. The normalized spacial score (nSPS) is 10.1. The lowest BCUT2D eigenvalue weighted by molar-refractivity contribution is 0.207. The van der Waals surface area contributed by atoms with Crippen molar-refractivity contribution >= 4 is 11.7 Å². The Hall–Kier alpha value is -3.16. The highest BCUT2D eigenvalue weighted by Crippen LogP contribution is 2.39. The summed E-state index contributed by atoms with van der Waals surface area (Å²) in [5.74, 6) is 1.53. The first-order chi connectivity index (χ1) is 13.0. The number of amides is 2. The molecule has 2 amide bonds. The van der Waals surface area contributed by atoms with Gasteiger partial charge in [0.15, 0.2) is 11.5 Å². The zero-order chi connectivity index (χ0) is 19.8. The van der Waals surface area contributed by atoms with Crippen LogP contribution in [-0.2, 0) is 0 Å². The molecule has 0 heterocycles. The molecule has 2 aromatic carbocycles. The van der Waals surface area contributed by atoms with Crippen molar-refractivity contribution in [1.29, 1.82) is 0 Å². The van der Waals surface area contributed by atoms with E-state index in [1.165, 1.54) is 50.5 Å². The Morgan fingerprint density at radius 2 is 1.63 bits per heavy atom. The van der Waals surface area contributed by atoms with Gasteiger partial charge in [-0.1, -0.05) is 0 Å². The Balaban J connectivity index is 1.94. The van der Waals surface area contributed by atoms with Gasteiger partial charge in [-0.25, -0.2) is 9.18 Å². The largest absolute Gasteiger partial charge is 0.493 e. The van der Waals surface area contributed by atoms with Gasteiger partial charge < -0.3 is 29.2 Å². The third kappa shape index (κ3) is 5.40. The Morgan fingerprint density at radius 1 is 1.04 bits per heavy atom. The third-order valence-electron chi connectivity index (χ3n) is 3.77. The Bertz CT molecular complexity index is 742. The van der Waals surface area contributed by atoms with Gasteiger partial charge in [-0.2, -0.15) is 0 Å². The molecule has 0 radical (unpaired) electrons. The van der Waals surface area contributed by atoms with E-state index in [0.717, 1.165) is 0 Å². The molecule has 0 bridgehead atoms. The number of benzene rings is 2. The van der Waals surface area contributed by atoms with Crippen LogP contribution >= 0.6 is 0 Å². The highest BCUT2D eigenvalue weighted by molar-refractivity contribution is 5.90. The number of ether oxygens (including phenoxy) is 4. The number of carbonyl (C=O) groups excluding carboxylic acids is 1. The molecule has 0 aliphatic rings. The first-order valence-electron chi connectivity index (χ1n) is 8.19. The van der Waals surface area contributed by atoms with Crippen molar-refractivity contribution in [1.82, 2.24) is 4.90 Å². The Morgan fingerprint density at radius 3 is 2.15 bits per heavy atom. The number of anilines is 1. The fourth-order valence-electron chi connectivity index (χ4n) is 2.30. The number of methoxy groups -OCH3 is 3. The van der Waals surface area contributed by atoms with Crippen LogP contribution in [0.25, 0.3) is 0 Å². The predicted molar refractivity (Wildman–Crippen MR) is 99.6 cm³/mol. The standard InChI is InChI=1S/C19H23FN2O5/c1-22(9-10-27-15-7-5-13(20)6-8-15)19(23)21-14-11-16(24-2)18(26-4)17(12-14)25-3/h5-8,11-12H,9-10H2,1-4H3,(H,21,23). The van der Waals surface area contributed by atoms with Crippen LogP contribution in [0.3, 0.4) is 0 Å². The fourth-order valence-corrected chi connectivity index (χ4v) is 2.30. The molecule has 27 heavy (non-hydrogen) atoms. The molecule has 0 saturated carbocycles. The summed E-state index contributed by atoms with van der Waals surface area (Å²) in [6.07, 6.45) is 0. The van der Waals surface area contributed by atoms with E-state index in [9.17, 15) is 9.18 Å². The second-order valence-corrected chi connectivity index (χ2v) is 5.57. The molecular weight excluding hydrogens is 355 g/mol. The number of carbonyl (C=O) groups is 1. The summed E-state index contributed by atoms with van der Waals surface area (Å²) in [6, 6.07) is 8.65. The average molecular weight is 378 g/mol. The van der Waals surface area contributed by atoms with Crippen LogP contribution in [0.1, 0.15) is 0 Å². The van der Waals surface area contributed by atoms with E-state index in [0.29, 0.717) is 35.2 Å². The molecule has 0 atom stereocenters. The van der Waals surface area contributed by atoms with Gasteiger partial charge in [-0.3, -0.25) is 0 Å². The topological polar surface area (TPSA) is 69.3 Å². The molecule has 0 aliphatic heterocycles. The molecule has 2 aromatic rings. The molecule has 1 N–H and O–H groups in total. The fraction of sp³-hybridized carbons (Fsp3) is 0.316.